The molecule has 0 spiro atoms. The molecule has 0 aliphatic heterocycles. The molecular weight excluding hydrogens is 252 g/mol. The fourth-order valence-corrected chi connectivity index (χ4v) is 1.77. The Hall–Kier alpha value is -1.16. The molecule has 0 radical (unpaired) electrons. The van der Waals surface area contributed by atoms with Gasteiger partial charge >= 0.3 is 0 Å². The van der Waals surface area contributed by atoms with Gasteiger partial charge in [0.05, 0.1) is 5.69 Å². The zero-order chi connectivity index (χ0) is 13.7. The largest absolute Gasteiger partial charge is 0.281 e. The summed E-state index contributed by atoms with van der Waals surface area (Å²) in [5.74, 6) is 0.249. The number of hydrogen-bond acceptors (Lipinski definition) is 3. The number of aryl methyl sites for hydroxylation is 2. The number of aromatic nitrogens is 2. The van der Waals surface area contributed by atoms with Gasteiger partial charge in [-0.2, -0.15) is 5.10 Å². The predicted molar refractivity (Wildman–Crippen MR) is 72.1 cm³/mol. The third-order valence-corrected chi connectivity index (χ3v) is 2.87. The van der Waals surface area contributed by atoms with Crippen molar-refractivity contribution in [3.05, 3.63) is 27.7 Å². The van der Waals surface area contributed by atoms with Crippen LogP contribution in [0.5, 0.6) is 0 Å². The topological polar surface area (TPSA) is 52.0 Å². The lowest BCUT2D eigenvalue weighted by atomic mass is 10.1. The third-order valence-electron chi connectivity index (χ3n) is 2.69. The lowest BCUT2D eigenvalue weighted by Crippen LogP contribution is -2.28. The molecule has 0 amide bonds. The van der Waals surface area contributed by atoms with Crippen LogP contribution in [0.1, 0.15) is 50.8 Å². The van der Waals surface area contributed by atoms with Crippen LogP contribution < -0.4 is 5.56 Å². The maximum absolute atomic E-state index is 12.1. The van der Waals surface area contributed by atoms with E-state index in [-0.39, 0.29) is 17.9 Å². The molecule has 0 saturated carbocycles. The molecular formula is C13H19ClN2O2. The summed E-state index contributed by atoms with van der Waals surface area (Å²) < 4.78 is 1.49. The number of nitrogens with zero attached hydrogens (tertiary/aromatic N) is 2. The molecule has 0 unspecified atom stereocenters. The van der Waals surface area contributed by atoms with Crippen LogP contribution >= 0.6 is 11.6 Å². The fraction of sp³-hybridized carbons (Fsp3) is 0.615. The molecule has 18 heavy (non-hydrogen) atoms. The minimum atomic E-state index is -0.417. The average molecular weight is 271 g/mol. The van der Waals surface area contributed by atoms with E-state index in [1.165, 1.54) is 4.68 Å². The van der Waals surface area contributed by atoms with Gasteiger partial charge in [0.25, 0.3) is 5.56 Å². The molecule has 0 aliphatic carbocycles. The van der Waals surface area contributed by atoms with Crippen LogP contribution in [0.2, 0.25) is 0 Å². The molecule has 0 fully saturated rings. The molecule has 1 rings (SSSR count). The summed E-state index contributed by atoms with van der Waals surface area (Å²) in [5.41, 5.74) is 1.38. The van der Waals surface area contributed by atoms with Crippen molar-refractivity contribution < 1.29 is 4.79 Å². The van der Waals surface area contributed by atoms with Gasteiger partial charge in [-0.3, -0.25) is 9.59 Å². The Kier molecular flexibility index (Phi) is 5.54. The van der Waals surface area contributed by atoms with Gasteiger partial charge in [0.1, 0.15) is 0 Å². The maximum Gasteiger partial charge on any atom is 0.269 e. The van der Waals surface area contributed by atoms with Crippen LogP contribution in [-0.2, 0) is 17.8 Å². The van der Waals surface area contributed by atoms with E-state index < -0.39 is 5.24 Å². The minimum Gasteiger partial charge on any atom is -0.281 e. The highest BCUT2D eigenvalue weighted by molar-refractivity contribution is 6.63. The summed E-state index contributed by atoms with van der Waals surface area (Å²) in [6.07, 6.45) is 1.42. The molecule has 5 heteroatoms. The van der Waals surface area contributed by atoms with Crippen molar-refractivity contribution in [2.75, 3.05) is 0 Å². The van der Waals surface area contributed by atoms with E-state index in [1.54, 1.807) is 6.07 Å². The molecule has 4 nitrogen and oxygen atoms in total. The Balaban J connectivity index is 3.13. The molecule has 1 aromatic rings. The van der Waals surface area contributed by atoms with Crippen LogP contribution in [0, 0.1) is 0 Å². The van der Waals surface area contributed by atoms with E-state index in [0.29, 0.717) is 18.5 Å². The second-order valence-electron chi connectivity index (χ2n) is 4.63. The van der Waals surface area contributed by atoms with Crippen molar-refractivity contribution in [1.29, 1.82) is 0 Å². The first-order chi connectivity index (χ1) is 8.45. The van der Waals surface area contributed by atoms with E-state index in [0.717, 1.165) is 12.1 Å². The summed E-state index contributed by atoms with van der Waals surface area (Å²) in [6.45, 7) is 6.65. The third kappa shape index (κ3) is 3.95. The van der Waals surface area contributed by atoms with Gasteiger partial charge in [-0.25, -0.2) is 4.68 Å². The Labute approximate surface area is 112 Å². The van der Waals surface area contributed by atoms with Crippen molar-refractivity contribution in [3.8, 4) is 0 Å². The van der Waals surface area contributed by atoms with Crippen LogP contribution in [-0.4, -0.2) is 15.0 Å². The standard InChI is InChI=1S/C13H19ClN2O2/c1-4-7-16-13(18)10(5-6-12(14)17)8-11(15-16)9(2)3/h8-9H,4-7H2,1-3H3. The molecule has 100 valence electrons. The zero-order valence-electron chi connectivity index (χ0n) is 11.1. The van der Waals surface area contributed by atoms with Crippen molar-refractivity contribution in [1.82, 2.24) is 9.78 Å². The van der Waals surface area contributed by atoms with E-state index in [9.17, 15) is 9.59 Å². The molecule has 0 saturated heterocycles. The molecule has 0 aliphatic rings. The monoisotopic (exact) mass is 270 g/mol. The second kappa shape index (κ2) is 6.69. The first kappa shape index (κ1) is 14.9. The summed E-state index contributed by atoms with van der Waals surface area (Å²) in [6, 6.07) is 1.79. The first-order valence-corrected chi connectivity index (χ1v) is 6.62. The Bertz CT molecular complexity index is 480. The van der Waals surface area contributed by atoms with Gasteiger partial charge in [-0.05, 0) is 36.4 Å². The van der Waals surface area contributed by atoms with E-state index in [4.69, 9.17) is 11.6 Å². The van der Waals surface area contributed by atoms with Gasteiger partial charge in [-0.15, -0.1) is 0 Å². The number of carbonyl (C=O) groups excluding carboxylic acids is 1. The van der Waals surface area contributed by atoms with Crippen molar-refractivity contribution in [2.45, 2.75) is 52.5 Å². The van der Waals surface area contributed by atoms with Crippen molar-refractivity contribution in [2.24, 2.45) is 0 Å². The van der Waals surface area contributed by atoms with Crippen LogP contribution in [0.3, 0.4) is 0 Å². The van der Waals surface area contributed by atoms with Gasteiger partial charge in [0, 0.05) is 18.5 Å². The lowest BCUT2D eigenvalue weighted by Gasteiger charge is -2.11. The normalized spacial score (nSPS) is 10.9. The smallest absolute Gasteiger partial charge is 0.269 e. The highest BCUT2D eigenvalue weighted by Crippen LogP contribution is 2.12. The van der Waals surface area contributed by atoms with Crippen molar-refractivity contribution >= 4 is 16.8 Å². The van der Waals surface area contributed by atoms with Gasteiger partial charge in [-0.1, -0.05) is 20.8 Å². The summed E-state index contributed by atoms with van der Waals surface area (Å²) >= 11 is 5.32. The highest BCUT2D eigenvalue weighted by Gasteiger charge is 2.11. The van der Waals surface area contributed by atoms with Crippen LogP contribution in [0.25, 0.3) is 0 Å². The van der Waals surface area contributed by atoms with Gasteiger partial charge in [0.15, 0.2) is 0 Å². The quantitative estimate of drug-likeness (QED) is 0.746. The molecule has 0 bridgehead atoms. The number of hydrogen-bond donors (Lipinski definition) is 0. The first-order valence-electron chi connectivity index (χ1n) is 6.25. The number of halogens is 1. The van der Waals surface area contributed by atoms with Crippen molar-refractivity contribution in [3.63, 3.8) is 0 Å². The molecule has 0 N–H and O–H groups in total. The SMILES string of the molecule is CCCn1nc(C(C)C)cc(CCC(=O)Cl)c1=O. The Morgan fingerprint density at radius 1 is 1.50 bits per heavy atom. The number of carbonyl (C=O) groups is 1. The predicted octanol–water partition coefficient (Wildman–Crippen LogP) is 2.47. The highest BCUT2D eigenvalue weighted by atomic mass is 35.5. The Morgan fingerprint density at radius 3 is 2.67 bits per heavy atom. The maximum atomic E-state index is 12.1. The van der Waals surface area contributed by atoms with E-state index in [2.05, 4.69) is 5.10 Å². The fourth-order valence-electron chi connectivity index (χ4n) is 1.68. The van der Waals surface area contributed by atoms with Crippen LogP contribution in [0.4, 0.5) is 0 Å². The van der Waals surface area contributed by atoms with Crippen LogP contribution in [0.15, 0.2) is 10.9 Å². The summed E-state index contributed by atoms with van der Waals surface area (Å²) in [7, 11) is 0. The van der Waals surface area contributed by atoms with E-state index >= 15 is 0 Å². The molecule has 1 heterocycles. The molecule has 0 aromatic carbocycles. The molecule has 0 atom stereocenters. The summed E-state index contributed by atoms with van der Waals surface area (Å²) in [4.78, 5) is 22.9. The summed E-state index contributed by atoms with van der Waals surface area (Å²) in [5, 5.41) is 3.92. The minimum absolute atomic E-state index is 0.112. The second-order valence-corrected chi connectivity index (χ2v) is 5.05. The Morgan fingerprint density at radius 2 is 2.17 bits per heavy atom. The number of rotatable bonds is 6. The zero-order valence-corrected chi connectivity index (χ0v) is 11.8. The van der Waals surface area contributed by atoms with Gasteiger partial charge < -0.3 is 0 Å². The molecule has 1 aromatic heterocycles. The average Bonchev–Trinajstić information content (AvgIpc) is 2.29. The van der Waals surface area contributed by atoms with E-state index in [1.807, 2.05) is 20.8 Å². The lowest BCUT2D eigenvalue weighted by molar-refractivity contribution is -0.111. The van der Waals surface area contributed by atoms with Gasteiger partial charge in [0.2, 0.25) is 5.24 Å².